The summed E-state index contributed by atoms with van der Waals surface area (Å²) >= 11 is 3.10. The molecule has 0 atom stereocenters. The van der Waals surface area contributed by atoms with Gasteiger partial charge in [-0.2, -0.15) is 10.1 Å². The predicted molar refractivity (Wildman–Crippen MR) is 132 cm³/mol. The minimum absolute atomic E-state index is 0.0811. The van der Waals surface area contributed by atoms with Gasteiger partial charge >= 0.3 is 0 Å². The van der Waals surface area contributed by atoms with Crippen molar-refractivity contribution in [1.29, 1.82) is 0 Å². The van der Waals surface area contributed by atoms with Gasteiger partial charge in [-0.05, 0) is 36.6 Å². The number of thiophene rings is 2. The number of amides is 1. The van der Waals surface area contributed by atoms with Crippen molar-refractivity contribution in [3.63, 3.8) is 0 Å². The van der Waals surface area contributed by atoms with Crippen LogP contribution in [0.5, 0.6) is 0 Å². The summed E-state index contributed by atoms with van der Waals surface area (Å²) in [5, 5.41) is 11.8. The second kappa shape index (κ2) is 8.79. The zero-order valence-electron chi connectivity index (χ0n) is 18.5. The molecule has 1 aliphatic heterocycles. The Balaban J connectivity index is 1.12. The van der Waals surface area contributed by atoms with E-state index in [1.165, 1.54) is 11.3 Å². The number of rotatable bonds is 5. The molecule has 1 saturated heterocycles. The van der Waals surface area contributed by atoms with Crippen LogP contribution in [0, 0.1) is 6.92 Å². The fourth-order valence-electron chi connectivity index (χ4n) is 4.18. The third kappa shape index (κ3) is 3.93. The quantitative estimate of drug-likeness (QED) is 0.362. The lowest BCUT2D eigenvalue weighted by Gasteiger charge is -2.33. The molecule has 0 N–H and O–H groups in total. The first-order valence-corrected chi connectivity index (χ1v) is 12.8. The van der Waals surface area contributed by atoms with E-state index >= 15 is 0 Å². The van der Waals surface area contributed by atoms with Crippen LogP contribution in [0.2, 0.25) is 0 Å². The highest BCUT2D eigenvalue weighted by atomic mass is 32.1. The highest BCUT2D eigenvalue weighted by Crippen LogP contribution is 2.31. The van der Waals surface area contributed by atoms with Gasteiger partial charge in [0.15, 0.2) is 0 Å². The van der Waals surface area contributed by atoms with Gasteiger partial charge in [-0.3, -0.25) is 9.69 Å². The van der Waals surface area contributed by atoms with Crippen LogP contribution < -0.4 is 0 Å². The van der Waals surface area contributed by atoms with Crippen LogP contribution in [0.15, 0.2) is 58.4 Å². The molecule has 1 fully saturated rings. The number of nitrogens with zero attached hydrogens (tertiary/aromatic N) is 6. The number of fused-ring (bicyclic) bond motifs is 1. The second-order valence-corrected chi connectivity index (χ2v) is 10.2. The molecule has 4 aromatic heterocycles. The molecule has 0 spiro atoms. The lowest BCUT2D eigenvalue weighted by atomic mass is 10.2. The summed E-state index contributed by atoms with van der Waals surface area (Å²) in [6.45, 7) is 5.46. The molecular formula is C24H22N6O2S2. The number of carbonyl (C=O) groups is 1. The number of aromatic nitrogens is 4. The summed E-state index contributed by atoms with van der Waals surface area (Å²) in [6.07, 6.45) is 0. The molecule has 1 amide bonds. The number of benzene rings is 1. The van der Waals surface area contributed by atoms with Crippen molar-refractivity contribution in [3.8, 4) is 16.4 Å². The predicted octanol–water partition coefficient (Wildman–Crippen LogP) is 4.46. The summed E-state index contributed by atoms with van der Waals surface area (Å²) in [6, 6.07) is 16.0. The molecular weight excluding hydrogens is 468 g/mol. The van der Waals surface area contributed by atoms with Gasteiger partial charge in [-0.25, -0.2) is 4.68 Å². The van der Waals surface area contributed by atoms with Crippen molar-refractivity contribution in [2.45, 2.75) is 13.5 Å². The SMILES string of the molecule is Cc1nn(-c2ccccc2)c2sc(C(=O)N3CCN(Cc4nc(-c5cccs5)no4)CC3)cc12. The molecule has 5 heterocycles. The van der Waals surface area contributed by atoms with Gasteiger partial charge in [-0.15, -0.1) is 22.7 Å². The van der Waals surface area contributed by atoms with Gasteiger partial charge in [0.2, 0.25) is 11.7 Å². The van der Waals surface area contributed by atoms with Gasteiger partial charge < -0.3 is 9.42 Å². The molecule has 6 rings (SSSR count). The molecule has 10 heteroatoms. The van der Waals surface area contributed by atoms with E-state index in [1.54, 1.807) is 11.3 Å². The third-order valence-corrected chi connectivity index (χ3v) is 7.95. The van der Waals surface area contributed by atoms with Crippen LogP contribution in [-0.2, 0) is 6.54 Å². The monoisotopic (exact) mass is 490 g/mol. The fourth-order valence-corrected chi connectivity index (χ4v) is 5.98. The molecule has 0 unspecified atom stereocenters. The Morgan fingerprint density at radius 3 is 2.68 bits per heavy atom. The minimum Gasteiger partial charge on any atom is -0.338 e. The summed E-state index contributed by atoms with van der Waals surface area (Å²) in [7, 11) is 0. The van der Waals surface area contributed by atoms with E-state index in [-0.39, 0.29) is 5.91 Å². The van der Waals surface area contributed by atoms with Crippen molar-refractivity contribution >= 4 is 38.8 Å². The first-order chi connectivity index (χ1) is 16.7. The molecule has 8 nitrogen and oxygen atoms in total. The summed E-state index contributed by atoms with van der Waals surface area (Å²) in [5.74, 6) is 1.32. The Kier molecular flexibility index (Phi) is 5.48. The van der Waals surface area contributed by atoms with E-state index in [0.29, 0.717) is 31.3 Å². The Morgan fingerprint density at radius 2 is 1.91 bits per heavy atom. The maximum Gasteiger partial charge on any atom is 0.264 e. The largest absolute Gasteiger partial charge is 0.338 e. The van der Waals surface area contributed by atoms with Crippen molar-refractivity contribution in [3.05, 3.63) is 70.4 Å². The summed E-state index contributed by atoms with van der Waals surface area (Å²) < 4.78 is 7.36. The Morgan fingerprint density at radius 1 is 1.09 bits per heavy atom. The maximum atomic E-state index is 13.3. The van der Waals surface area contributed by atoms with Crippen LogP contribution in [0.25, 0.3) is 26.6 Å². The normalized spacial score (nSPS) is 14.8. The van der Waals surface area contributed by atoms with Gasteiger partial charge in [-0.1, -0.05) is 29.4 Å². The van der Waals surface area contributed by atoms with Gasteiger partial charge in [0.1, 0.15) is 4.83 Å². The molecule has 34 heavy (non-hydrogen) atoms. The van der Waals surface area contributed by atoms with Crippen LogP contribution in [-0.4, -0.2) is 61.8 Å². The summed E-state index contributed by atoms with van der Waals surface area (Å²) in [5.41, 5.74) is 1.93. The second-order valence-electron chi connectivity index (χ2n) is 8.22. The summed E-state index contributed by atoms with van der Waals surface area (Å²) in [4.78, 5) is 24.7. The number of hydrogen-bond donors (Lipinski definition) is 0. The maximum absolute atomic E-state index is 13.3. The van der Waals surface area contributed by atoms with Crippen LogP contribution in [0.3, 0.4) is 0 Å². The van der Waals surface area contributed by atoms with Crippen molar-refractivity contribution in [1.82, 2.24) is 29.7 Å². The molecule has 1 aliphatic rings. The van der Waals surface area contributed by atoms with Gasteiger partial charge in [0.25, 0.3) is 5.91 Å². The molecule has 5 aromatic rings. The van der Waals surface area contributed by atoms with Crippen molar-refractivity contribution < 1.29 is 9.32 Å². The highest BCUT2D eigenvalue weighted by molar-refractivity contribution is 7.20. The highest BCUT2D eigenvalue weighted by Gasteiger charge is 2.26. The zero-order chi connectivity index (χ0) is 23.1. The van der Waals surface area contributed by atoms with Gasteiger partial charge in [0.05, 0.1) is 27.7 Å². The number of piperazine rings is 1. The topological polar surface area (TPSA) is 80.3 Å². The van der Waals surface area contributed by atoms with Crippen LogP contribution in [0.1, 0.15) is 21.3 Å². The number of hydrogen-bond acceptors (Lipinski definition) is 8. The van der Waals surface area contributed by atoms with Crippen molar-refractivity contribution in [2.75, 3.05) is 26.2 Å². The van der Waals surface area contributed by atoms with E-state index in [1.807, 2.05) is 70.4 Å². The standard InChI is InChI=1S/C24H22N6O2S2/c1-16-18-14-20(34-24(18)30(26-16)17-6-3-2-4-7-17)23(31)29-11-9-28(10-12-29)15-21-25-22(27-32-21)19-8-5-13-33-19/h2-8,13-14H,9-12,15H2,1H3. The minimum atomic E-state index is 0.0811. The fraction of sp³-hybridized carbons (Fsp3) is 0.250. The van der Waals surface area contributed by atoms with E-state index in [9.17, 15) is 4.79 Å². The Labute approximate surface area is 204 Å². The third-order valence-electron chi connectivity index (χ3n) is 5.98. The van der Waals surface area contributed by atoms with E-state index in [2.05, 4.69) is 20.1 Å². The smallest absolute Gasteiger partial charge is 0.264 e. The molecule has 172 valence electrons. The average molecular weight is 491 g/mol. The Hall–Kier alpha value is -3.34. The molecule has 0 saturated carbocycles. The molecule has 0 bridgehead atoms. The number of carbonyl (C=O) groups excluding carboxylic acids is 1. The lowest BCUT2D eigenvalue weighted by molar-refractivity contribution is 0.0620. The average Bonchev–Trinajstić information content (AvgIpc) is 3.66. The van der Waals surface area contributed by atoms with Gasteiger partial charge in [0, 0.05) is 31.6 Å². The molecule has 0 radical (unpaired) electrons. The van der Waals surface area contributed by atoms with Crippen LogP contribution in [0.4, 0.5) is 0 Å². The first kappa shape index (κ1) is 21.2. The first-order valence-electron chi connectivity index (χ1n) is 11.1. The Bertz CT molecular complexity index is 1430. The number of para-hydroxylation sites is 1. The van der Waals surface area contributed by atoms with Crippen molar-refractivity contribution in [2.24, 2.45) is 0 Å². The van der Waals surface area contributed by atoms with E-state index in [0.717, 1.165) is 44.4 Å². The molecule has 1 aromatic carbocycles. The van der Waals surface area contributed by atoms with E-state index in [4.69, 9.17) is 4.52 Å². The van der Waals surface area contributed by atoms with E-state index < -0.39 is 0 Å². The lowest BCUT2D eigenvalue weighted by Crippen LogP contribution is -2.48. The zero-order valence-corrected chi connectivity index (χ0v) is 20.2. The number of aryl methyl sites for hydroxylation is 1. The molecule has 0 aliphatic carbocycles. The van der Waals surface area contributed by atoms with Crippen LogP contribution >= 0.6 is 22.7 Å².